The quantitative estimate of drug-likeness (QED) is 0.650. The minimum atomic E-state index is 0.146. The molecule has 1 aromatic rings. The van der Waals surface area contributed by atoms with Crippen LogP contribution in [-0.2, 0) is 6.42 Å². The van der Waals surface area contributed by atoms with Gasteiger partial charge in [0.15, 0.2) is 0 Å². The van der Waals surface area contributed by atoms with Gasteiger partial charge in [-0.25, -0.2) is 0 Å². The SMILES string of the molecule is CCCCC(CC)C(Cl)c1ccc2c(c1)CCO2. The maximum atomic E-state index is 6.67. The van der Waals surface area contributed by atoms with E-state index in [1.807, 2.05) is 0 Å². The summed E-state index contributed by atoms with van der Waals surface area (Å²) in [5.41, 5.74) is 2.59. The van der Waals surface area contributed by atoms with Gasteiger partial charge in [-0.3, -0.25) is 0 Å². The van der Waals surface area contributed by atoms with Crippen LogP contribution >= 0.6 is 11.6 Å². The lowest BCUT2D eigenvalue weighted by Crippen LogP contribution is -2.07. The molecule has 2 heteroatoms. The fraction of sp³-hybridized carbons (Fsp3) is 0.625. The highest BCUT2D eigenvalue weighted by molar-refractivity contribution is 6.21. The van der Waals surface area contributed by atoms with Crippen molar-refractivity contribution in [3.63, 3.8) is 0 Å². The van der Waals surface area contributed by atoms with Gasteiger partial charge in [0.25, 0.3) is 0 Å². The molecular weight excluding hydrogens is 244 g/mol. The normalized spacial score (nSPS) is 17.1. The van der Waals surface area contributed by atoms with E-state index < -0.39 is 0 Å². The molecular formula is C16H23ClO. The van der Waals surface area contributed by atoms with Gasteiger partial charge in [0.2, 0.25) is 0 Å². The third kappa shape index (κ3) is 3.00. The van der Waals surface area contributed by atoms with Gasteiger partial charge in [0.1, 0.15) is 5.75 Å². The zero-order valence-corrected chi connectivity index (χ0v) is 12.2. The fourth-order valence-corrected chi connectivity index (χ4v) is 3.11. The summed E-state index contributed by atoms with van der Waals surface area (Å²) >= 11 is 6.67. The molecule has 1 heterocycles. The van der Waals surface area contributed by atoms with Crippen LogP contribution in [0, 0.1) is 5.92 Å². The Labute approximate surface area is 115 Å². The second-order valence-electron chi connectivity index (χ2n) is 5.18. The summed E-state index contributed by atoms with van der Waals surface area (Å²) in [6.45, 7) is 5.30. The molecule has 1 aliphatic rings. The number of alkyl halides is 1. The molecule has 0 spiro atoms. The Bertz CT molecular complexity index is 389. The highest BCUT2D eigenvalue weighted by Crippen LogP contribution is 2.37. The molecule has 0 fully saturated rings. The summed E-state index contributed by atoms with van der Waals surface area (Å²) in [6.07, 6.45) is 5.93. The van der Waals surface area contributed by atoms with Crippen molar-refractivity contribution in [1.82, 2.24) is 0 Å². The molecule has 0 aromatic heterocycles. The van der Waals surface area contributed by atoms with E-state index in [1.54, 1.807) is 0 Å². The van der Waals surface area contributed by atoms with Crippen LogP contribution in [0.5, 0.6) is 5.75 Å². The molecule has 0 saturated carbocycles. The van der Waals surface area contributed by atoms with Gasteiger partial charge < -0.3 is 4.74 Å². The molecule has 0 N–H and O–H groups in total. The van der Waals surface area contributed by atoms with Crippen LogP contribution in [0.3, 0.4) is 0 Å². The topological polar surface area (TPSA) is 9.23 Å². The Morgan fingerprint density at radius 2 is 2.17 bits per heavy atom. The standard InChI is InChI=1S/C16H23ClO/c1-3-5-6-12(4-2)16(17)14-7-8-15-13(11-14)9-10-18-15/h7-8,11-12,16H,3-6,9-10H2,1-2H3. The Morgan fingerprint density at radius 1 is 1.33 bits per heavy atom. The largest absolute Gasteiger partial charge is 0.493 e. The van der Waals surface area contributed by atoms with Crippen LogP contribution in [0.15, 0.2) is 18.2 Å². The van der Waals surface area contributed by atoms with E-state index in [4.69, 9.17) is 16.3 Å². The van der Waals surface area contributed by atoms with Crippen molar-refractivity contribution < 1.29 is 4.74 Å². The van der Waals surface area contributed by atoms with Gasteiger partial charge >= 0.3 is 0 Å². The average Bonchev–Trinajstić information content (AvgIpc) is 2.86. The fourth-order valence-electron chi connectivity index (χ4n) is 2.67. The van der Waals surface area contributed by atoms with Crippen LogP contribution < -0.4 is 4.74 Å². The molecule has 0 amide bonds. The van der Waals surface area contributed by atoms with Gasteiger partial charge in [-0.15, -0.1) is 11.6 Å². The Balaban J connectivity index is 2.09. The van der Waals surface area contributed by atoms with E-state index >= 15 is 0 Å². The summed E-state index contributed by atoms with van der Waals surface area (Å²) in [6, 6.07) is 6.46. The van der Waals surface area contributed by atoms with Crippen LogP contribution in [-0.4, -0.2) is 6.61 Å². The predicted molar refractivity (Wildman–Crippen MR) is 77.5 cm³/mol. The maximum Gasteiger partial charge on any atom is 0.122 e. The van der Waals surface area contributed by atoms with Gasteiger partial charge in [0.05, 0.1) is 12.0 Å². The monoisotopic (exact) mass is 266 g/mol. The molecule has 2 atom stereocenters. The van der Waals surface area contributed by atoms with Crippen molar-refractivity contribution in [3.8, 4) is 5.75 Å². The number of hydrogen-bond acceptors (Lipinski definition) is 1. The highest BCUT2D eigenvalue weighted by atomic mass is 35.5. The summed E-state index contributed by atoms with van der Waals surface area (Å²) in [4.78, 5) is 0. The average molecular weight is 267 g/mol. The number of ether oxygens (including phenoxy) is 1. The van der Waals surface area contributed by atoms with Gasteiger partial charge in [0, 0.05) is 6.42 Å². The summed E-state index contributed by atoms with van der Waals surface area (Å²) < 4.78 is 5.54. The van der Waals surface area contributed by atoms with E-state index in [0.29, 0.717) is 5.92 Å². The second kappa shape index (κ2) is 6.47. The number of rotatable bonds is 6. The Kier molecular flexibility index (Phi) is 4.94. The molecule has 0 radical (unpaired) electrons. The lowest BCUT2D eigenvalue weighted by atomic mass is 9.90. The van der Waals surface area contributed by atoms with E-state index in [1.165, 1.54) is 30.4 Å². The van der Waals surface area contributed by atoms with Crippen LogP contribution in [0.2, 0.25) is 0 Å². The van der Waals surface area contributed by atoms with Gasteiger partial charge in [-0.2, -0.15) is 0 Å². The molecule has 0 bridgehead atoms. The first-order valence-corrected chi connectivity index (χ1v) is 7.59. The number of unbranched alkanes of at least 4 members (excludes halogenated alkanes) is 1. The lowest BCUT2D eigenvalue weighted by molar-refractivity contribution is 0.356. The molecule has 18 heavy (non-hydrogen) atoms. The first-order chi connectivity index (χ1) is 8.76. The van der Waals surface area contributed by atoms with Crippen molar-refractivity contribution in [1.29, 1.82) is 0 Å². The van der Waals surface area contributed by atoms with Crippen molar-refractivity contribution in [2.75, 3.05) is 6.61 Å². The molecule has 0 aliphatic carbocycles. The van der Waals surface area contributed by atoms with Gasteiger partial charge in [-0.1, -0.05) is 45.2 Å². The molecule has 2 rings (SSSR count). The molecule has 0 saturated heterocycles. The van der Waals surface area contributed by atoms with E-state index in [2.05, 4.69) is 32.0 Å². The summed E-state index contributed by atoms with van der Waals surface area (Å²) in [5.74, 6) is 1.64. The minimum absolute atomic E-state index is 0.146. The molecule has 1 aliphatic heterocycles. The Hall–Kier alpha value is -0.690. The van der Waals surface area contributed by atoms with Crippen molar-refractivity contribution in [3.05, 3.63) is 29.3 Å². The number of hydrogen-bond donors (Lipinski definition) is 0. The van der Waals surface area contributed by atoms with Crippen molar-refractivity contribution >= 4 is 11.6 Å². The van der Waals surface area contributed by atoms with Crippen molar-refractivity contribution in [2.45, 2.75) is 51.3 Å². The van der Waals surface area contributed by atoms with E-state index in [0.717, 1.165) is 25.2 Å². The molecule has 2 unspecified atom stereocenters. The van der Waals surface area contributed by atoms with E-state index in [-0.39, 0.29) is 5.38 Å². The summed E-state index contributed by atoms with van der Waals surface area (Å²) in [5, 5.41) is 0.146. The van der Waals surface area contributed by atoms with Crippen LogP contribution in [0.1, 0.15) is 56.0 Å². The predicted octanol–water partition coefficient (Wildman–Crippen LogP) is 5.12. The second-order valence-corrected chi connectivity index (χ2v) is 5.65. The molecule has 100 valence electrons. The third-order valence-corrected chi connectivity index (χ3v) is 4.51. The van der Waals surface area contributed by atoms with Crippen LogP contribution in [0.25, 0.3) is 0 Å². The summed E-state index contributed by atoms with van der Waals surface area (Å²) in [7, 11) is 0. The van der Waals surface area contributed by atoms with Gasteiger partial charge in [-0.05, 0) is 29.5 Å². The number of benzene rings is 1. The van der Waals surface area contributed by atoms with Crippen molar-refractivity contribution in [2.24, 2.45) is 5.92 Å². The minimum Gasteiger partial charge on any atom is -0.493 e. The first kappa shape index (κ1) is 13.7. The maximum absolute atomic E-state index is 6.67. The smallest absolute Gasteiger partial charge is 0.122 e. The number of fused-ring (bicyclic) bond motifs is 1. The Morgan fingerprint density at radius 3 is 2.89 bits per heavy atom. The van der Waals surface area contributed by atoms with E-state index in [9.17, 15) is 0 Å². The first-order valence-electron chi connectivity index (χ1n) is 7.16. The zero-order valence-electron chi connectivity index (χ0n) is 11.4. The number of halogens is 1. The molecule has 1 nitrogen and oxygen atoms in total. The zero-order chi connectivity index (χ0) is 13.0. The lowest BCUT2D eigenvalue weighted by Gasteiger charge is -2.21. The molecule has 1 aromatic carbocycles. The highest BCUT2D eigenvalue weighted by Gasteiger charge is 2.21. The van der Waals surface area contributed by atoms with Crippen LogP contribution in [0.4, 0.5) is 0 Å². The third-order valence-electron chi connectivity index (χ3n) is 3.90.